The van der Waals surface area contributed by atoms with Gasteiger partial charge >= 0.3 is 5.97 Å². The van der Waals surface area contributed by atoms with E-state index in [-0.39, 0.29) is 21.3 Å². The molecular weight excluding hydrogens is 436 g/mol. The molecule has 0 aliphatic rings. The van der Waals surface area contributed by atoms with Crippen LogP contribution in [0.25, 0.3) is 0 Å². The smallest absolute Gasteiger partial charge is 0.345 e. The van der Waals surface area contributed by atoms with Gasteiger partial charge in [-0.15, -0.1) is 23.1 Å². The molecule has 0 aliphatic heterocycles. The van der Waals surface area contributed by atoms with Gasteiger partial charge in [0.15, 0.2) is 0 Å². The summed E-state index contributed by atoms with van der Waals surface area (Å²) in [5.41, 5.74) is 0. The largest absolute Gasteiger partial charge is 0.489 e. The van der Waals surface area contributed by atoms with Crippen molar-refractivity contribution in [3.05, 3.63) is 46.3 Å². The maximum absolute atomic E-state index is 12.9. The molecule has 0 aliphatic carbocycles. The summed E-state index contributed by atoms with van der Waals surface area (Å²) >= 11 is 5.40. The molecule has 1 aromatic heterocycles. The zero-order chi connectivity index (χ0) is 17.9. The minimum absolute atomic E-state index is 0.00910. The normalized spacial score (nSPS) is 11.2. The summed E-state index contributed by atoms with van der Waals surface area (Å²) < 4.78 is 32.2. The maximum atomic E-state index is 12.9. The molecule has 5 nitrogen and oxygen atoms in total. The molecule has 24 heavy (non-hydrogen) atoms. The number of benzene rings is 1. The number of aromatic carboxylic acids is 1. The first-order valence-electron chi connectivity index (χ1n) is 6.50. The maximum Gasteiger partial charge on any atom is 0.345 e. The molecule has 0 bridgehead atoms. The number of rotatable bonds is 7. The third-order valence-corrected chi connectivity index (χ3v) is 7.61. The van der Waals surface area contributed by atoms with Crippen LogP contribution < -0.4 is 4.74 Å². The number of carboxylic acids is 1. The Morgan fingerprint density at radius 1 is 1.42 bits per heavy atom. The number of halogens is 1. The van der Waals surface area contributed by atoms with Gasteiger partial charge in [0.2, 0.25) is 9.84 Å². The Morgan fingerprint density at radius 2 is 2.12 bits per heavy atom. The molecule has 0 atom stereocenters. The van der Waals surface area contributed by atoms with Crippen LogP contribution in [-0.4, -0.2) is 32.4 Å². The standard InChI is InChI=1S/C15H13BrO5S3/c1-3-4-21-10-5-9(16)6-11(7-10)24(19,20)13-8-12(14(17)18)23-15(13)22-2/h3,5-8H,1,4H2,2H3,(H,17,18). The van der Waals surface area contributed by atoms with E-state index in [1.807, 2.05) is 0 Å². The Balaban J connectivity index is 2.56. The van der Waals surface area contributed by atoms with E-state index < -0.39 is 15.8 Å². The monoisotopic (exact) mass is 448 g/mol. The summed E-state index contributed by atoms with van der Waals surface area (Å²) in [4.78, 5) is 11.1. The lowest BCUT2D eigenvalue weighted by Crippen LogP contribution is -2.03. The molecule has 2 rings (SSSR count). The van der Waals surface area contributed by atoms with Gasteiger partial charge in [-0.1, -0.05) is 28.6 Å². The fraction of sp³-hybridized carbons (Fsp3) is 0.133. The van der Waals surface area contributed by atoms with Crippen molar-refractivity contribution in [2.75, 3.05) is 12.9 Å². The Labute approximate surface area is 156 Å². The van der Waals surface area contributed by atoms with E-state index in [4.69, 9.17) is 9.84 Å². The molecule has 1 heterocycles. The Hall–Kier alpha value is -1.29. The van der Waals surface area contributed by atoms with Crippen LogP contribution in [0.2, 0.25) is 0 Å². The van der Waals surface area contributed by atoms with Crippen LogP contribution in [0.15, 0.2) is 55.4 Å². The molecule has 0 saturated carbocycles. The molecule has 0 spiro atoms. The van der Waals surface area contributed by atoms with Crippen molar-refractivity contribution in [2.45, 2.75) is 14.0 Å². The van der Waals surface area contributed by atoms with Gasteiger partial charge in [0.05, 0.1) is 14.0 Å². The summed E-state index contributed by atoms with van der Waals surface area (Å²) in [6, 6.07) is 5.71. The van der Waals surface area contributed by atoms with Gasteiger partial charge in [-0.2, -0.15) is 0 Å². The molecule has 0 amide bonds. The van der Waals surface area contributed by atoms with Gasteiger partial charge in [0.25, 0.3) is 0 Å². The average Bonchev–Trinajstić information content (AvgIpc) is 2.97. The summed E-state index contributed by atoms with van der Waals surface area (Å²) in [6.45, 7) is 3.79. The quantitative estimate of drug-likeness (QED) is 0.501. The van der Waals surface area contributed by atoms with Gasteiger partial charge in [-0.05, 0) is 30.5 Å². The minimum Gasteiger partial charge on any atom is -0.489 e. The van der Waals surface area contributed by atoms with E-state index in [0.29, 0.717) is 14.4 Å². The first-order valence-corrected chi connectivity index (χ1v) is 10.8. The highest BCUT2D eigenvalue weighted by molar-refractivity contribution is 9.10. The van der Waals surface area contributed by atoms with E-state index in [1.54, 1.807) is 18.4 Å². The fourth-order valence-corrected chi connectivity index (χ4v) is 6.37. The van der Waals surface area contributed by atoms with Crippen LogP contribution in [0.4, 0.5) is 0 Å². The number of thiophene rings is 1. The second-order valence-corrected chi connectivity index (χ2v) is 9.46. The van der Waals surface area contributed by atoms with Crippen molar-refractivity contribution >= 4 is 54.8 Å². The van der Waals surface area contributed by atoms with E-state index in [0.717, 1.165) is 11.3 Å². The lowest BCUT2D eigenvalue weighted by Gasteiger charge is -2.09. The molecule has 0 fully saturated rings. The highest BCUT2D eigenvalue weighted by Gasteiger charge is 2.26. The number of hydrogen-bond acceptors (Lipinski definition) is 6. The summed E-state index contributed by atoms with van der Waals surface area (Å²) in [7, 11) is -3.87. The van der Waals surface area contributed by atoms with Gasteiger partial charge in [-0.25, -0.2) is 13.2 Å². The molecule has 0 unspecified atom stereocenters. The van der Waals surface area contributed by atoms with Gasteiger partial charge in [0.1, 0.15) is 17.2 Å². The molecule has 2 aromatic rings. The molecule has 1 N–H and O–H groups in total. The number of carboxylic acid groups (broad SMARTS) is 1. The number of carbonyl (C=O) groups is 1. The van der Waals surface area contributed by atoms with Crippen LogP contribution in [0.5, 0.6) is 5.75 Å². The first kappa shape index (κ1) is 19.0. The summed E-state index contributed by atoms with van der Waals surface area (Å²) in [5, 5.41) is 9.11. The molecule has 0 saturated heterocycles. The van der Waals surface area contributed by atoms with E-state index in [1.165, 1.54) is 30.0 Å². The SMILES string of the molecule is C=CCOc1cc(Br)cc(S(=O)(=O)c2cc(C(=O)O)sc2SC)c1. The topological polar surface area (TPSA) is 80.7 Å². The number of sulfone groups is 1. The lowest BCUT2D eigenvalue weighted by molar-refractivity contribution is 0.0702. The highest BCUT2D eigenvalue weighted by atomic mass is 79.9. The first-order chi connectivity index (χ1) is 11.3. The van der Waals surface area contributed by atoms with Crippen LogP contribution in [0, 0.1) is 0 Å². The zero-order valence-corrected chi connectivity index (χ0v) is 16.5. The zero-order valence-electron chi connectivity index (χ0n) is 12.5. The molecular formula is C15H13BrO5S3. The summed E-state index contributed by atoms with van der Waals surface area (Å²) in [5.74, 6) is -0.775. The van der Waals surface area contributed by atoms with Crippen molar-refractivity contribution in [3.63, 3.8) is 0 Å². The third-order valence-electron chi connectivity index (χ3n) is 2.87. The van der Waals surface area contributed by atoms with Gasteiger partial charge < -0.3 is 9.84 Å². The van der Waals surface area contributed by atoms with Crippen LogP contribution in [0.1, 0.15) is 9.67 Å². The van der Waals surface area contributed by atoms with Crippen molar-refractivity contribution in [2.24, 2.45) is 0 Å². The van der Waals surface area contributed by atoms with E-state index >= 15 is 0 Å². The Morgan fingerprint density at radius 3 is 2.71 bits per heavy atom. The molecule has 0 radical (unpaired) electrons. The highest BCUT2D eigenvalue weighted by Crippen LogP contribution is 2.38. The lowest BCUT2D eigenvalue weighted by atomic mass is 10.3. The average molecular weight is 449 g/mol. The molecule has 1 aromatic carbocycles. The minimum atomic E-state index is -3.87. The second kappa shape index (κ2) is 7.73. The van der Waals surface area contributed by atoms with Crippen molar-refractivity contribution in [3.8, 4) is 5.75 Å². The van der Waals surface area contributed by atoms with Crippen LogP contribution in [-0.2, 0) is 9.84 Å². The van der Waals surface area contributed by atoms with E-state index in [2.05, 4.69) is 22.5 Å². The van der Waals surface area contributed by atoms with Gasteiger partial charge in [-0.3, -0.25) is 0 Å². The Kier molecular flexibility index (Phi) is 6.13. The predicted molar refractivity (Wildman–Crippen MR) is 98.3 cm³/mol. The second-order valence-electron chi connectivity index (χ2n) is 4.50. The molecule has 9 heteroatoms. The number of ether oxygens (including phenoxy) is 1. The van der Waals surface area contributed by atoms with Crippen molar-refractivity contribution in [1.82, 2.24) is 0 Å². The summed E-state index contributed by atoms with van der Waals surface area (Å²) in [6.07, 6.45) is 3.26. The molecule has 128 valence electrons. The van der Waals surface area contributed by atoms with Crippen molar-refractivity contribution in [1.29, 1.82) is 0 Å². The van der Waals surface area contributed by atoms with E-state index in [9.17, 15) is 13.2 Å². The van der Waals surface area contributed by atoms with Crippen LogP contribution >= 0.6 is 39.0 Å². The number of hydrogen-bond donors (Lipinski definition) is 1. The predicted octanol–water partition coefficient (Wildman–Crippen LogP) is 4.33. The third kappa shape index (κ3) is 4.02. The number of thioether (sulfide) groups is 1. The van der Waals surface area contributed by atoms with Gasteiger partial charge in [0, 0.05) is 4.47 Å². The van der Waals surface area contributed by atoms with Crippen LogP contribution in [0.3, 0.4) is 0 Å². The fourth-order valence-electron chi connectivity index (χ4n) is 1.85. The Bertz CT molecular complexity index is 887. The van der Waals surface area contributed by atoms with Crippen molar-refractivity contribution < 1.29 is 23.1 Å².